The summed E-state index contributed by atoms with van der Waals surface area (Å²) < 4.78 is 0. The predicted molar refractivity (Wildman–Crippen MR) is 53.5 cm³/mol. The van der Waals surface area contributed by atoms with E-state index in [1.54, 1.807) is 0 Å². The minimum absolute atomic E-state index is 0.0575. The summed E-state index contributed by atoms with van der Waals surface area (Å²) in [6.45, 7) is -0.257. The maximum Gasteiger partial charge on any atom is 0.327 e. The number of hydrogen-bond acceptors (Lipinski definition) is 5. The van der Waals surface area contributed by atoms with Gasteiger partial charge >= 0.3 is 11.9 Å². The average molecular weight is 233 g/mol. The lowest BCUT2D eigenvalue weighted by molar-refractivity contribution is -0.142. The van der Waals surface area contributed by atoms with Gasteiger partial charge in [-0.3, -0.25) is 9.59 Å². The van der Waals surface area contributed by atoms with Gasteiger partial charge in [0.05, 0.1) is 6.04 Å². The zero-order chi connectivity index (χ0) is 12.7. The molecule has 0 saturated carbocycles. The van der Waals surface area contributed by atoms with Crippen molar-refractivity contribution in [2.75, 3.05) is 6.54 Å². The Hall–Kier alpha value is -1.67. The van der Waals surface area contributed by atoms with Crippen LogP contribution in [0.5, 0.6) is 0 Å². The van der Waals surface area contributed by atoms with E-state index in [0.29, 0.717) is 0 Å². The van der Waals surface area contributed by atoms with E-state index < -0.39 is 29.9 Å². The van der Waals surface area contributed by atoms with Crippen LogP contribution in [0.3, 0.4) is 0 Å². The molecule has 7 N–H and O–H groups in total. The van der Waals surface area contributed by atoms with Crippen molar-refractivity contribution in [2.24, 2.45) is 11.5 Å². The Labute approximate surface area is 91.6 Å². The second-order valence-electron chi connectivity index (χ2n) is 3.17. The summed E-state index contributed by atoms with van der Waals surface area (Å²) in [6.07, 6.45) is -0.312. The molecule has 8 heteroatoms. The molecule has 0 saturated heterocycles. The molecule has 16 heavy (non-hydrogen) atoms. The lowest BCUT2D eigenvalue weighted by Crippen LogP contribution is -2.51. The largest absolute Gasteiger partial charge is 0.481 e. The maximum absolute atomic E-state index is 11.3. The van der Waals surface area contributed by atoms with Crippen LogP contribution in [0.15, 0.2) is 0 Å². The molecule has 0 heterocycles. The van der Waals surface area contributed by atoms with Crippen molar-refractivity contribution in [3.8, 4) is 0 Å². The first-order valence-electron chi connectivity index (χ1n) is 4.59. The third-order valence-electron chi connectivity index (χ3n) is 1.86. The van der Waals surface area contributed by atoms with Crippen LogP contribution in [0.25, 0.3) is 0 Å². The van der Waals surface area contributed by atoms with Crippen LogP contribution in [-0.4, -0.2) is 46.7 Å². The van der Waals surface area contributed by atoms with Crippen molar-refractivity contribution in [3.63, 3.8) is 0 Å². The highest BCUT2D eigenvalue weighted by molar-refractivity contribution is 5.87. The highest BCUT2D eigenvalue weighted by Crippen LogP contribution is 1.95. The third kappa shape index (κ3) is 5.27. The first-order chi connectivity index (χ1) is 7.38. The molecule has 0 aromatic heterocycles. The van der Waals surface area contributed by atoms with Gasteiger partial charge in [0.1, 0.15) is 6.04 Å². The minimum Gasteiger partial charge on any atom is -0.481 e. The normalized spacial score (nSPS) is 13.9. The number of amides is 1. The molecule has 0 unspecified atom stereocenters. The number of carboxylic acid groups (broad SMARTS) is 2. The Balaban J connectivity index is 4.13. The number of carboxylic acids is 2. The number of rotatable bonds is 7. The molecule has 0 bridgehead atoms. The van der Waals surface area contributed by atoms with E-state index in [1.165, 1.54) is 0 Å². The van der Waals surface area contributed by atoms with Gasteiger partial charge in [0.15, 0.2) is 0 Å². The second kappa shape index (κ2) is 6.75. The standard InChI is InChI=1S/C8H15N3O5/c9-3-5(8(15)16)11-7(14)4(10)1-2-6(12)13/h4-5H,1-3,9-10H2,(H,11,14)(H,12,13)(H,15,16)/t4-,5-/m0/s1. The molecule has 2 atom stereocenters. The van der Waals surface area contributed by atoms with Crippen LogP contribution in [0.1, 0.15) is 12.8 Å². The van der Waals surface area contributed by atoms with Crippen molar-refractivity contribution in [2.45, 2.75) is 24.9 Å². The topological polar surface area (TPSA) is 156 Å². The lowest BCUT2D eigenvalue weighted by atomic mass is 10.1. The van der Waals surface area contributed by atoms with Crippen molar-refractivity contribution in [3.05, 3.63) is 0 Å². The summed E-state index contributed by atoms with van der Waals surface area (Å²) in [5, 5.41) is 19.1. The van der Waals surface area contributed by atoms with E-state index in [1.807, 2.05) is 0 Å². The molecule has 0 fully saturated rings. The molecule has 0 radical (unpaired) electrons. The summed E-state index contributed by atoms with van der Waals surface area (Å²) in [5.74, 6) is -3.06. The predicted octanol–water partition coefficient (Wildman–Crippen LogP) is -2.29. The number of nitrogens with one attached hydrogen (secondary N) is 1. The first kappa shape index (κ1) is 14.3. The third-order valence-corrected chi connectivity index (χ3v) is 1.86. The number of hydrogen-bond donors (Lipinski definition) is 5. The molecule has 8 nitrogen and oxygen atoms in total. The molecule has 1 amide bonds. The van der Waals surface area contributed by atoms with E-state index in [-0.39, 0.29) is 19.4 Å². The van der Waals surface area contributed by atoms with Crippen LogP contribution < -0.4 is 16.8 Å². The van der Waals surface area contributed by atoms with Gasteiger partial charge in [-0.25, -0.2) is 4.79 Å². The van der Waals surface area contributed by atoms with Crippen LogP contribution in [0.2, 0.25) is 0 Å². The number of carbonyl (C=O) groups excluding carboxylic acids is 1. The van der Waals surface area contributed by atoms with Gasteiger partial charge in [-0.05, 0) is 6.42 Å². The Morgan fingerprint density at radius 2 is 1.81 bits per heavy atom. The van der Waals surface area contributed by atoms with Crippen molar-refractivity contribution >= 4 is 17.8 Å². The Bertz CT molecular complexity index is 281. The summed E-state index contributed by atoms with van der Waals surface area (Å²) in [5.41, 5.74) is 10.5. The van der Waals surface area contributed by atoms with Crippen LogP contribution >= 0.6 is 0 Å². The van der Waals surface area contributed by atoms with E-state index in [2.05, 4.69) is 5.32 Å². The summed E-state index contributed by atoms with van der Waals surface area (Å²) in [6, 6.07) is -2.26. The Morgan fingerprint density at radius 3 is 2.19 bits per heavy atom. The smallest absolute Gasteiger partial charge is 0.327 e. The molecule has 0 aromatic rings. The SMILES string of the molecule is NC[C@H](NC(=O)[C@@H](N)CCC(=O)O)C(=O)O. The van der Waals surface area contributed by atoms with E-state index >= 15 is 0 Å². The molecular weight excluding hydrogens is 218 g/mol. The molecular formula is C8H15N3O5. The van der Waals surface area contributed by atoms with Crippen LogP contribution in [0.4, 0.5) is 0 Å². The molecule has 0 aliphatic heterocycles. The zero-order valence-electron chi connectivity index (χ0n) is 8.55. The molecule has 0 aromatic carbocycles. The van der Waals surface area contributed by atoms with Gasteiger partial charge in [-0.2, -0.15) is 0 Å². The summed E-state index contributed by atoms with van der Waals surface area (Å²) in [7, 11) is 0. The molecule has 0 rings (SSSR count). The maximum atomic E-state index is 11.3. The molecule has 0 aliphatic carbocycles. The van der Waals surface area contributed by atoms with E-state index in [9.17, 15) is 14.4 Å². The molecule has 0 aliphatic rings. The molecule has 92 valence electrons. The number of carbonyl (C=O) groups is 3. The van der Waals surface area contributed by atoms with Crippen molar-refractivity contribution in [1.82, 2.24) is 5.32 Å². The average Bonchev–Trinajstić information content (AvgIpc) is 2.21. The van der Waals surface area contributed by atoms with Gasteiger partial charge in [-0.1, -0.05) is 0 Å². The molecule has 0 spiro atoms. The fraction of sp³-hybridized carbons (Fsp3) is 0.625. The highest BCUT2D eigenvalue weighted by atomic mass is 16.4. The zero-order valence-corrected chi connectivity index (χ0v) is 8.55. The van der Waals surface area contributed by atoms with Crippen LogP contribution in [-0.2, 0) is 14.4 Å². The lowest BCUT2D eigenvalue weighted by Gasteiger charge is -2.15. The quantitative estimate of drug-likeness (QED) is 0.331. The van der Waals surface area contributed by atoms with Crippen LogP contribution in [0, 0.1) is 0 Å². The summed E-state index contributed by atoms with van der Waals surface area (Å²) >= 11 is 0. The minimum atomic E-state index is -1.26. The van der Waals surface area contributed by atoms with Crippen molar-refractivity contribution < 1.29 is 24.6 Å². The number of aliphatic carboxylic acids is 2. The van der Waals surface area contributed by atoms with Crippen molar-refractivity contribution in [1.29, 1.82) is 0 Å². The Morgan fingerprint density at radius 1 is 1.25 bits per heavy atom. The van der Waals surface area contributed by atoms with Gasteiger partial charge < -0.3 is 27.0 Å². The Kier molecular flexibility index (Phi) is 6.04. The monoisotopic (exact) mass is 233 g/mol. The van der Waals surface area contributed by atoms with E-state index in [4.69, 9.17) is 21.7 Å². The second-order valence-corrected chi connectivity index (χ2v) is 3.17. The summed E-state index contributed by atoms with van der Waals surface area (Å²) in [4.78, 5) is 32.0. The van der Waals surface area contributed by atoms with E-state index in [0.717, 1.165) is 0 Å². The van der Waals surface area contributed by atoms with Gasteiger partial charge in [0.2, 0.25) is 5.91 Å². The van der Waals surface area contributed by atoms with Gasteiger partial charge in [0, 0.05) is 13.0 Å². The highest BCUT2D eigenvalue weighted by Gasteiger charge is 2.22. The first-order valence-corrected chi connectivity index (χ1v) is 4.59. The fourth-order valence-corrected chi connectivity index (χ4v) is 0.910. The van der Waals surface area contributed by atoms with Gasteiger partial charge in [-0.15, -0.1) is 0 Å². The number of nitrogens with two attached hydrogens (primary N) is 2. The fourth-order valence-electron chi connectivity index (χ4n) is 0.910. The van der Waals surface area contributed by atoms with Gasteiger partial charge in [0.25, 0.3) is 0 Å².